The summed E-state index contributed by atoms with van der Waals surface area (Å²) in [7, 11) is 1.29. The maximum absolute atomic E-state index is 12.3. The summed E-state index contributed by atoms with van der Waals surface area (Å²) in [6, 6.07) is 7.56. The molecule has 0 spiro atoms. The topological polar surface area (TPSA) is 98.9 Å². The van der Waals surface area contributed by atoms with Crippen molar-refractivity contribution in [3.63, 3.8) is 0 Å². The highest BCUT2D eigenvalue weighted by Gasteiger charge is 2.53. The molecule has 2 heterocycles. The maximum Gasteiger partial charge on any atom is 0.338 e. The number of hydrogen-bond acceptors (Lipinski definition) is 5. The van der Waals surface area contributed by atoms with E-state index < -0.39 is 30.0 Å². The third-order valence-corrected chi connectivity index (χ3v) is 4.86. The molecule has 2 N–H and O–H groups in total. The summed E-state index contributed by atoms with van der Waals surface area (Å²) in [4.78, 5) is 37.8. The minimum Gasteiger partial charge on any atom is -0.469 e. The number of nitrogens with zero attached hydrogens (tertiary/aromatic N) is 1. The highest BCUT2D eigenvalue weighted by Crippen LogP contribution is 2.41. The molecule has 1 aromatic carbocycles. The molecule has 0 saturated carbocycles. The standard InChI is InChI=1S/C17H20N2O5/c1-23-16(21)14-12-8-7-11(19(12)17(18)22)9-13(14)24-15(20)10-5-3-2-4-6-10/h2-6,11-14H,7-9H2,1H3,(H2,18,22)/t11-,12-,13+,14+/m1/s1. The van der Waals surface area contributed by atoms with E-state index in [1.54, 1.807) is 30.3 Å². The predicted molar refractivity (Wildman–Crippen MR) is 84.0 cm³/mol. The lowest BCUT2D eigenvalue weighted by Gasteiger charge is -2.41. The summed E-state index contributed by atoms with van der Waals surface area (Å²) < 4.78 is 10.5. The molecule has 2 aliphatic heterocycles. The van der Waals surface area contributed by atoms with Gasteiger partial charge in [-0.15, -0.1) is 0 Å². The Morgan fingerprint density at radius 2 is 1.88 bits per heavy atom. The molecule has 24 heavy (non-hydrogen) atoms. The van der Waals surface area contributed by atoms with Crippen molar-refractivity contribution >= 4 is 18.0 Å². The van der Waals surface area contributed by atoms with Crippen LogP contribution in [0.15, 0.2) is 30.3 Å². The van der Waals surface area contributed by atoms with E-state index in [1.165, 1.54) is 12.0 Å². The number of rotatable bonds is 3. The van der Waals surface area contributed by atoms with Crippen LogP contribution in [0.1, 0.15) is 29.6 Å². The number of hydrogen-bond donors (Lipinski definition) is 1. The van der Waals surface area contributed by atoms with E-state index in [0.717, 1.165) is 6.42 Å². The second kappa shape index (κ2) is 6.51. The second-order valence-electron chi connectivity index (χ2n) is 6.14. The van der Waals surface area contributed by atoms with Crippen molar-refractivity contribution in [2.24, 2.45) is 11.7 Å². The molecular weight excluding hydrogens is 312 g/mol. The number of carbonyl (C=O) groups is 3. The molecule has 1 aromatic rings. The first kappa shape index (κ1) is 16.3. The van der Waals surface area contributed by atoms with Crippen molar-refractivity contribution in [1.29, 1.82) is 0 Å². The number of esters is 2. The minimum atomic E-state index is -0.714. The largest absolute Gasteiger partial charge is 0.469 e. The zero-order valence-electron chi connectivity index (χ0n) is 13.4. The van der Waals surface area contributed by atoms with Crippen LogP contribution >= 0.6 is 0 Å². The number of fused-ring (bicyclic) bond motifs is 2. The van der Waals surface area contributed by atoms with E-state index in [2.05, 4.69) is 0 Å². The van der Waals surface area contributed by atoms with Crippen LogP contribution in [0.3, 0.4) is 0 Å². The number of benzene rings is 1. The van der Waals surface area contributed by atoms with Gasteiger partial charge in [0.1, 0.15) is 12.0 Å². The van der Waals surface area contributed by atoms with Gasteiger partial charge in [0.25, 0.3) is 0 Å². The lowest BCUT2D eigenvalue weighted by atomic mass is 9.87. The van der Waals surface area contributed by atoms with Crippen LogP contribution in [0.2, 0.25) is 0 Å². The van der Waals surface area contributed by atoms with Gasteiger partial charge in [-0.3, -0.25) is 4.79 Å². The molecule has 0 aliphatic carbocycles. The Kier molecular flexibility index (Phi) is 4.42. The van der Waals surface area contributed by atoms with Crippen LogP contribution in [-0.4, -0.2) is 48.2 Å². The molecule has 128 valence electrons. The third-order valence-electron chi connectivity index (χ3n) is 4.86. The summed E-state index contributed by atoms with van der Waals surface area (Å²) in [6.07, 6.45) is 1.14. The van der Waals surface area contributed by atoms with Crippen LogP contribution in [0.25, 0.3) is 0 Å². The molecule has 2 aliphatic rings. The first-order chi connectivity index (χ1) is 11.5. The van der Waals surface area contributed by atoms with Gasteiger partial charge in [0.2, 0.25) is 0 Å². The third kappa shape index (κ3) is 2.81. The summed E-state index contributed by atoms with van der Waals surface area (Å²) >= 11 is 0. The Morgan fingerprint density at radius 3 is 2.50 bits per heavy atom. The molecule has 2 bridgehead atoms. The van der Waals surface area contributed by atoms with Crippen molar-refractivity contribution in [3.05, 3.63) is 35.9 Å². The molecule has 0 aromatic heterocycles. The molecule has 2 fully saturated rings. The SMILES string of the molecule is COC(=O)[C@@H]1[C@@H](OC(=O)c2ccccc2)C[C@H]2CC[C@H]1N2C(N)=O. The first-order valence-electron chi connectivity index (χ1n) is 7.94. The van der Waals surface area contributed by atoms with E-state index in [0.29, 0.717) is 18.4 Å². The monoisotopic (exact) mass is 332 g/mol. The number of piperidine rings is 1. The number of ether oxygens (including phenoxy) is 2. The number of methoxy groups -OCH3 is 1. The molecule has 7 nitrogen and oxygen atoms in total. The lowest BCUT2D eigenvalue weighted by Crippen LogP contribution is -2.58. The van der Waals surface area contributed by atoms with Crippen molar-refractivity contribution in [2.45, 2.75) is 37.5 Å². The van der Waals surface area contributed by atoms with Crippen LogP contribution in [0.5, 0.6) is 0 Å². The Bertz CT molecular complexity index is 648. The van der Waals surface area contributed by atoms with Gasteiger partial charge in [-0.1, -0.05) is 18.2 Å². The minimum absolute atomic E-state index is 0.109. The summed E-state index contributed by atoms with van der Waals surface area (Å²) in [6.45, 7) is 0. The number of amides is 2. The van der Waals surface area contributed by atoms with E-state index in [-0.39, 0.29) is 12.1 Å². The zero-order chi connectivity index (χ0) is 17.3. The van der Waals surface area contributed by atoms with Crippen molar-refractivity contribution in [2.75, 3.05) is 7.11 Å². The van der Waals surface area contributed by atoms with E-state index >= 15 is 0 Å². The van der Waals surface area contributed by atoms with Gasteiger partial charge in [0, 0.05) is 12.5 Å². The maximum atomic E-state index is 12.3. The van der Waals surface area contributed by atoms with Gasteiger partial charge < -0.3 is 20.1 Å². The summed E-state index contributed by atoms with van der Waals surface area (Å²) in [5, 5.41) is 0. The quantitative estimate of drug-likeness (QED) is 0.842. The van der Waals surface area contributed by atoms with Crippen LogP contribution < -0.4 is 5.73 Å². The number of nitrogens with two attached hydrogens (primary N) is 1. The average molecular weight is 332 g/mol. The fourth-order valence-corrected chi connectivity index (χ4v) is 3.85. The average Bonchev–Trinajstić information content (AvgIpc) is 2.90. The van der Waals surface area contributed by atoms with Gasteiger partial charge in [-0.25, -0.2) is 9.59 Å². The predicted octanol–water partition coefficient (Wildman–Crippen LogP) is 1.32. The molecule has 0 radical (unpaired) electrons. The smallest absolute Gasteiger partial charge is 0.338 e. The molecule has 7 heteroatoms. The molecule has 2 saturated heterocycles. The van der Waals surface area contributed by atoms with Gasteiger partial charge in [0.15, 0.2) is 0 Å². The zero-order valence-corrected chi connectivity index (χ0v) is 13.4. The van der Waals surface area contributed by atoms with Crippen molar-refractivity contribution in [1.82, 2.24) is 4.90 Å². The van der Waals surface area contributed by atoms with E-state index in [4.69, 9.17) is 15.2 Å². The highest BCUT2D eigenvalue weighted by molar-refractivity contribution is 5.90. The van der Waals surface area contributed by atoms with Crippen LogP contribution in [0, 0.1) is 5.92 Å². The van der Waals surface area contributed by atoms with Crippen LogP contribution in [-0.2, 0) is 14.3 Å². The normalized spacial score (nSPS) is 28.3. The van der Waals surface area contributed by atoms with Crippen molar-refractivity contribution < 1.29 is 23.9 Å². The Morgan fingerprint density at radius 1 is 1.17 bits per heavy atom. The number of urea groups is 1. The number of primary amides is 1. The van der Waals surface area contributed by atoms with Crippen molar-refractivity contribution in [3.8, 4) is 0 Å². The fourth-order valence-electron chi connectivity index (χ4n) is 3.85. The molecule has 2 amide bonds. The molecule has 4 atom stereocenters. The van der Waals surface area contributed by atoms with Gasteiger partial charge in [-0.05, 0) is 25.0 Å². The van der Waals surface area contributed by atoms with Crippen LogP contribution in [0.4, 0.5) is 4.79 Å². The number of carbonyl (C=O) groups excluding carboxylic acids is 3. The Labute approximate surface area is 139 Å². The Balaban J connectivity index is 1.83. The second-order valence-corrected chi connectivity index (χ2v) is 6.14. The van der Waals surface area contributed by atoms with Gasteiger partial charge in [0.05, 0.1) is 18.7 Å². The fraction of sp³-hybridized carbons (Fsp3) is 0.471. The lowest BCUT2D eigenvalue weighted by molar-refractivity contribution is -0.155. The molecular formula is C17H20N2O5. The molecule has 3 rings (SSSR count). The highest BCUT2D eigenvalue weighted by atomic mass is 16.6. The molecule has 0 unspecified atom stereocenters. The first-order valence-corrected chi connectivity index (χ1v) is 7.94. The van der Waals surface area contributed by atoms with Gasteiger partial charge >= 0.3 is 18.0 Å². The Hall–Kier alpha value is -2.57. The summed E-state index contributed by atoms with van der Waals surface area (Å²) in [5.74, 6) is -1.69. The van der Waals surface area contributed by atoms with E-state index in [9.17, 15) is 14.4 Å². The summed E-state index contributed by atoms with van der Waals surface area (Å²) in [5.41, 5.74) is 5.88. The van der Waals surface area contributed by atoms with Gasteiger partial charge in [-0.2, -0.15) is 0 Å². The van der Waals surface area contributed by atoms with E-state index in [1.807, 2.05) is 0 Å².